The largest absolute Gasteiger partial charge is 0.486 e. The number of fused-ring (bicyclic) bond motifs is 1. The first-order valence-electron chi connectivity index (χ1n) is 7.42. The molecule has 2 aliphatic rings. The Hall–Kier alpha value is -2.36. The van der Waals surface area contributed by atoms with Crippen LogP contribution in [-0.4, -0.2) is 19.0 Å². The lowest BCUT2D eigenvalue weighted by molar-refractivity contribution is 0.0964. The first-order chi connectivity index (χ1) is 10.7. The number of Topliss-reactive ketones (excluding diaryl/α,β-unsaturated/α-hetero) is 1. The Morgan fingerprint density at radius 1 is 1.00 bits per heavy atom. The maximum Gasteiger partial charge on any atom is 0.166 e. The van der Waals surface area contributed by atoms with E-state index in [-0.39, 0.29) is 23.4 Å². The first-order valence-corrected chi connectivity index (χ1v) is 7.42. The third-order valence-corrected chi connectivity index (χ3v) is 4.25. The number of carbonyl (C=O) groups is 1. The van der Waals surface area contributed by atoms with E-state index in [0.29, 0.717) is 30.3 Å². The molecule has 0 spiro atoms. The summed E-state index contributed by atoms with van der Waals surface area (Å²) in [5.41, 5.74) is 1.68. The maximum atomic E-state index is 13.0. The fourth-order valence-electron chi connectivity index (χ4n) is 2.97. The summed E-state index contributed by atoms with van der Waals surface area (Å²) in [5, 5.41) is 0. The second kappa shape index (κ2) is 5.13. The van der Waals surface area contributed by atoms with Gasteiger partial charge in [-0.05, 0) is 48.2 Å². The van der Waals surface area contributed by atoms with Gasteiger partial charge in [0.15, 0.2) is 17.3 Å². The molecule has 2 unspecified atom stereocenters. The molecule has 1 heterocycles. The predicted molar refractivity (Wildman–Crippen MR) is 79.0 cm³/mol. The lowest BCUT2D eigenvalue weighted by Crippen LogP contribution is -2.16. The highest BCUT2D eigenvalue weighted by Crippen LogP contribution is 2.49. The van der Waals surface area contributed by atoms with Crippen LogP contribution in [-0.2, 0) is 0 Å². The summed E-state index contributed by atoms with van der Waals surface area (Å²) in [5.74, 6) is 1.37. The van der Waals surface area contributed by atoms with Crippen molar-refractivity contribution in [2.75, 3.05) is 13.2 Å². The van der Waals surface area contributed by atoms with Crippen LogP contribution in [0, 0.1) is 11.7 Å². The molecule has 0 N–H and O–H groups in total. The van der Waals surface area contributed by atoms with E-state index in [2.05, 4.69) is 0 Å². The van der Waals surface area contributed by atoms with Crippen LogP contribution < -0.4 is 9.47 Å². The van der Waals surface area contributed by atoms with Crippen molar-refractivity contribution in [1.29, 1.82) is 0 Å². The Balaban J connectivity index is 1.52. The van der Waals surface area contributed by atoms with Crippen LogP contribution >= 0.6 is 0 Å². The van der Waals surface area contributed by atoms with E-state index in [0.717, 1.165) is 12.0 Å². The summed E-state index contributed by atoms with van der Waals surface area (Å²) in [6.45, 7) is 1.04. The molecule has 0 aromatic heterocycles. The van der Waals surface area contributed by atoms with Crippen LogP contribution in [0.15, 0.2) is 42.5 Å². The molecule has 1 fully saturated rings. The van der Waals surface area contributed by atoms with Crippen LogP contribution in [0.5, 0.6) is 11.5 Å². The molecule has 1 aliphatic carbocycles. The average Bonchev–Trinajstić information content (AvgIpc) is 3.35. The number of hydrogen-bond acceptors (Lipinski definition) is 3. The van der Waals surface area contributed by atoms with E-state index in [1.54, 1.807) is 30.3 Å². The summed E-state index contributed by atoms with van der Waals surface area (Å²) in [4.78, 5) is 12.6. The minimum Gasteiger partial charge on any atom is -0.486 e. The van der Waals surface area contributed by atoms with Gasteiger partial charge >= 0.3 is 0 Å². The number of carbonyl (C=O) groups excluding carboxylic acids is 1. The third kappa shape index (κ3) is 2.34. The number of halogens is 1. The third-order valence-electron chi connectivity index (χ3n) is 4.25. The van der Waals surface area contributed by atoms with Gasteiger partial charge in [-0.1, -0.05) is 12.1 Å². The quantitative estimate of drug-likeness (QED) is 0.812. The van der Waals surface area contributed by atoms with Gasteiger partial charge in [-0.3, -0.25) is 4.79 Å². The van der Waals surface area contributed by atoms with Gasteiger partial charge in [0, 0.05) is 11.5 Å². The topological polar surface area (TPSA) is 35.5 Å². The Morgan fingerprint density at radius 2 is 1.73 bits per heavy atom. The van der Waals surface area contributed by atoms with E-state index in [1.165, 1.54) is 12.1 Å². The average molecular weight is 298 g/mol. The van der Waals surface area contributed by atoms with Crippen LogP contribution in [0.4, 0.5) is 4.39 Å². The van der Waals surface area contributed by atoms with Crippen molar-refractivity contribution in [2.24, 2.45) is 5.92 Å². The molecule has 1 saturated carbocycles. The second-order valence-electron chi connectivity index (χ2n) is 5.72. The molecule has 4 rings (SSSR count). The van der Waals surface area contributed by atoms with Crippen molar-refractivity contribution >= 4 is 5.78 Å². The summed E-state index contributed by atoms with van der Waals surface area (Å²) >= 11 is 0. The smallest absolute Gasteiger partial charge is 0.166 e. The van der Waals surface area contributed by atoms with Gasteiger partial charge in [-0.2, -0.15) is 0 Å². The minimum absolute atomic E-state index is 0.0204. The summed E-state index contributed by atoms with van der Waals surface area (Å²) in [6, 6.07) is 11.7. The molecule has 2 atom stereocenters. The van der Waals surface area contributed by atoms with Crippen molar-refractivity contribution in [2.45, 2.75) is 12.3 Å². The summed E-state index contributed by atoms with van der Waals surface area (Å²) < 4.78 is 23.9. The number of rotatable bonds is 3. The molecule has 22 heavy (non-hydrogen) atoms. The molecular weight excluding hydrogens is 283 g/mol. The van der Waals surface area contributed by atoms with Crippen LogP contribution in [0.25, 0.3) is 0 Å². The molecule has 0 amide bonds. The van der Waals surface area contributed by atoms with Gasteiger partial charge in [0.05, 0.1) is 0 Å². The molecule has 1 aliphatic heterocycles. The van der Waals surface area contributed by atoms with Gasteiger partial charge < -0.3 is 9.47 Å². The minimum atomic E-state index is -0.251. The molecule has 4 heteroatoms. The van der Waals surface area contributed by atoms with Crippen molar-refractivity contribution in [3.63, 3.8) is 0 Å². The monoisotopic (exact) mass is 298 g/mol. The Bertz CT molecular complexity index is 724. The first kappa shape index (κ1) is 13.3. The summed E-state index contributed by atoms with van der Waals surface area (Å²) in [6.07, 6.45) is 0.818. The van der Waals surface area contributed by atoms with Crippen LogP contribution in [0.3, 0.4) is 0 Å². The zero-order valence-corrected chi connectivity index (χ0v) is 11.9. The maximum absolute atomic E-state index is 13.0. The SMILES string of the molecule is O=C(c1ccc2c(c1)OCCO2)C1CC1c1ccc(F)cc1. The molecule has 3 nitrogen and oxygen atoms in total. The van der Waals surface area contributed by atoms with E-state index >= 15 is 0 Å². The van der Waals surface area contributed by atoms with Crippen LogP contribution in [0.1, 0.15) is 28.3 Å². The Kier molecular flexibility index (Phi) is 3.10. The van der Waals surface area contributed by atoms with E-state index in [4.69, 9.17) is 9.47 Å². The number of benzene rings is 2. The fourth-order valence-corrected chi connectivity index (χ4v) is 2.97. The zero-order valence-electron chi connectivity index (χ0n) is 11.9. The Labute approximate surface area is 127 Å². The number of hydrogen-bond donors (Lipinski definition) is 0. The zero-order chi connectivity index (χ0) is 15.1. The van der Waals surface area contributed by atoms with E-state index < -0.39 is 0 Å². The molecule has 2 aromatic carbocycles. The second-order valence-corrected chi connectivity index (χ2v) is 5.72. The van der Waals surface area contributed by atoms with Crippen molar-refractivity contribution in [3.8, 4) is 11.5 Å². The van der Waals surface area contributed by atoms with Gasteiger partial charge in [0.1, 0.15) is 19.0 Å². The van der Waals surface area contributed by atoms with Gasteiger partial charge in [-0.15, -0.1) is 0 Å². The molecule has 0 bridgehead atoms. The van der Waals surface area contributed by atoms with Gasteiger partial charge in [-0.25, -0.2) is 4.39 Å². The van der Waals surface area contributed by atoms with Gasteiger partial charge in [0.2, 0.25) is 0 Å². The highest BCUT2D eigenvalue weighted by molar-refractivity contribution is 6.00. The molecule has 112 valence electrons. The Morgan fingerprint density at radius 3 is 2.50 bits per heavy atom. The molecular formula is C18H15FO3. The lowest BCUT2D eigenvalue weighted by atomic mass is 10.0. The van der Waals surface area contributed by atoms with E-state index in [1.807, 2.05) is 0 Å². The van der Waals surface area contributed by atoms with Gasteiger partial charge in [0.25, 0.3) is 0 Å². The molecule has 2 aromatic rings. The number of ketones is 1. The molecule has 0 saturated heterocycles. The van der Waals surface area contributed by atoms with E-state index in [9.17, 15) is 9.18 Å². The van der Waals surface area contributed by atoms with Crippen molar-refractivity contribution < 1.29 is 18.7 Å². The van der Waals surface area contributed by atoms with Crippen LogP contribution in [0.2, 0.25) is 0 Å². The standard InChI is InChI=1S/C18H15FO3/c19-13-4-1-11(2-5-13)14-10-15(14)18(20)12-3-6-16-17(9-12)22-8-7-21-16/h1-6,9,14-15H,7-8,10H2. The molecule has 0 radical (unpaired) electrons. The highest BCUT2D eigenvalue weighted by atomic mass is 19.1. The predicted octanol–water partition coefficient (Wildman–Crippen LogP) is 3.58. The fraction of sp³-hybridized carbons (Fsp3) is 0.278. The summed E-state index contributed by atoms with van der Waals surface area (Å²) in [7, 11) is 0. The van der Waals surface area contributed by atoms with Crippen molar-refractivity contribution in [1.82, 2.24) is 0 Å². The normalized spacial score (nSPS) is 22.2. The van der Waals surface area contributed by atoms with Crippen molar-refractivity contribution in [3.05, 3.63) is 59.4 Å². The number of ether oxygens (including phenoxy) is 2. The highest BCUT2D eigenvalue weighted by Gasteiger charge is 2.44. The lowest BCUT2D eigenvalue weighted by Gasteiger charge is -2.18.